The molecule has 0 radical (unpaired) electrons. The third-order valence-corrected chi connectivity index (χ3v) is 4.11. The molecule has 7 heteroatoms. The van der Waals surface area contributed by atoms with E-state index in [-0.39, 0.29) is 5.69 Å². The molecule has 0 spiro atoms. The minimum absolute atomic E-state index is 0.0918. The summed E-state index contributed by atoms with van der Waals surface area (Å²) in [7, 11) is 0. The molecule has 0 aliphatic rings. The molecule has 4 rings (SSSR count). The van der Waals surface area contributed by atoms with Crippen LogP contribution >= 0.6 is 0 Å². The van der Waals surface area contributed by atoms with Gasteiger partial charge >= 0.3 is 5.69 Å². The van der Waals surface area contributed by atoms with Crippen molar-refractivity contribution in [2.75, 3.05) is 0 Å². The predicted octanol–water partition coefficient (Wildman–Crippen LogP) is 3.60. The van der Waals surface area contributed by atoms with E-state index in [4.69, 9.17) is 0 Å². The summed E-state index contributed by atoms with van der Waals surface area (Å²) < 4.78 is 2.68. The molecule has 0 saturated heterocycles. The van der Waals surface area contributed by atoms with Crippen LogP contribution in [-0.2, 0) is 0 Å². The first-order valence-electron chi connectivity index (χ1n) is 8.23. The molecule has 0 fully saturated rings. The predicted molar refractivity (Wildman–Crippen MR) is 101 cm³/mol. The van der Waals surface area contributed by atoms with E-state index in [9.17, 15) is 14.9 Å². The Balaban J connectivity index is 2.00. The Morgan fingerprint density at radius 3 is 2.11 bits per heavy atom. The number of hydrogen-bond acceptors (Lipinski definition) is 4. The van der Waals surface area contributed by atoms with Crippen LogP contribution in [0.4, 0.5) is 5.69 Å². The van der Waals surface area contributed by atoms with E-state index in [0.29, 0.717) is 17.2 Å². The second-order valence-electron chi connectivity index (χ2n) is 5.83. The van der Waals surface area contributed by atoms with Crippen molar-refractivity contribution in [3.63, 3.8) is 0 Å². The van der Waals surface area contributed by atoms with E-state index in [2.05, 4.69) is 5.10 Å². The molecule has 0 aliphatic carbocycles. The number of nitro groups is 1. The lowest BCUT2D eigenvalue weighted by molar-refractivity contribution is -0.384. The highest BCUT2D eigenvalue weighted by atomic mass is 16.6. The Kier molecular flexibility index (Phi) is 4.10. The molecule has 0 unspecified atom stereocenters. The number of nitrogens with zero attached hydrogens (tertiary/aromatic N) is 4. The highest BCUT2D eigenvalue weighted by Gasteiger charge is 2.19. The van der Waals surface area contributed by atoms with E-state index in [1.54, 1.807) is 24.3 Å². The number of rotatable bonds is 4. The van der Waals surface area contributed by atoms with Gasteiger partial charge in [-0.2, -0.15) is 4.68 Å². The van der Waals surface area contributed by atoms with E-state index < -0.39 is 10.6 Å². The summed E-state index contributed by atoms with van der Waals surface area (Å²) in [5, 5.41) is 15.6. The number of hydrogen-bond donors (Lipinski definition) is 0. The second-order valence-corrected chi connectivity index (χ2v) is 5.83. The van der Waals surface area contributed by atoms with E-state index >= 15 is 0 Å². The quantitative estimate of drug-likeness (QED) is 0.412. The molecule has 0 aliphatic heterocycles. The molecule has 0 N–H and O–H groups in total. The molecule has 4 aromatic rings. The number of para-hydroxylation sites is 1. The first-order valence-corrected chi connectivity index (χ1v) is 8.23. The summed E-state index contributed by atoms with van der Waals surface area (Å²) in [5.41, 5.74) is 1.24. The summed E-state index contributed by atoms with van der Waals surface area (Å²) in [4.78, 5) is 23.8. The molecule has 132 valence electrons. The zero-order chi connectivity index (χ0) is 18.8. The van der Waals surface area contributed by atoms with Crippen LogP contribution in [0.25, 0.3) is 22.8 Å². The Morgan fingerprint density at radius 1 is 0.815 bits per heavy atom. The van der Waals surface area contributed by atoms with Crippen LogP contribution in [0.1, 0.15) is 0 Å². The largest absolute Gasteiger partial charge is 0.355 e. The summed E-state index contributed by atoms with van der Waals surface area (Å²) in [5.74, 6) is 0.407. The highest BCUT2D eigenvalue weighted by Crippen LogP contribution is 2.22. The van der Waals surface area contributed by atoms with Gasteiger partial charge in [-0.3, -0.25) is 10.1 Å². The lowest BCUT2D eigenvalue weighted by Gasteiger charge is -2.05. The number of nitro benzene ring substituents is 1. The third kappa shape index (κ3) is 3.02. The third-order valence-electron chi connectivity index (χ3n) is 4.11. The van der Waals surface area contributed by atoms with Crippen LogP contribution in [-0.4, -0.2) is 19.3 Å². The summed E-state index contributed by atoms with van der Waals surface area (Å²) >= 11 is 0. The number of aromatic nitrogens is 3. The van der Waals surface area contributed by atoms with Gasteiger partial charge in [0.25, 0.3) is 5.69 Å². The Morgan fingerprint density at radius 2 is 1.44 bits per heavy atom. The first kappa shape index (κ1) is 16.5. The van der Waals surface area contributed by atoms with Crippen molar-refractivity contribution >= 4 is 5.69 Å². The van der Waals surface area contributed by atoms with Crippen molar-refractivity contribution < 1.29 is 4.92 Å². The minimum atomic E-state index is -0.488. The lowest BCUT2D eigenvalue weighted by atomic mass is 10.2. The molecule has 27 heavy (non-hydrogen) atoms. The average Bonchev–Trinajstić information content (AvgIpc) is 3.06. The fourth-order valence-electron chi connectivity index (χ4n) is 2.86. The molecule has 0 amide bonds. The molecular formula is C20H14N4O3. The molecule has 1 heterocycles. The molecule has 1 aromatic heterocycles. The van der Waals surface area contributed by atoms with Crippen molar-refractivity contribution in [1.29, 1.82) is 0 Å². The first-order chi connectivity index (χ1) is 13.1. The van der Waals surface area contributed by atoms with E-state index in [0.717, 1.165) is 5.56 Å². The fourth-order valence-corrected chi connectivity index (χ4v) is 2.86. The van der Waals surface area contributed by atoms with Gasteiger partial charge in [-0.1, -0.05) is 54.6 Å². The molecule has 0 atom stereocenters. The fraction of sp³-hybridized carbons (Fsp3) is 0. The monoisotopic (exact) mass is 358 g/mol. The van der Waals surface area contributed by atoms with Crippen molar-refractivity contribution in [3.05, 3.63) is 106 Å². The zero-order valence-corrected chi connectivity index (χ0v) is 14.1. The van der Waals surface area contributed by atoms with E-state index in [1.165, 1.54) is 21.4 Å². The number of benzene rings is 3. The van der Waals surface area contributed by atoms with Crippen molar-refractivity contribution in [3.8, 4) is 22.8 Å². The average molecular weight is 358 g/mol. The summed E-state index contributed by atoms with van der Waals surface area (Å²) in [6.45, 7) is 0. The number of non-ortho nitro benzene ring substituents is 1. The summed E-state index contributed by atoms with van der Waals surface area (Å²) in [6.07, 6.45) is 0. The van der Waals surface area contributed by atoms with Crippen LogP contribution in [0, 0.1) is 10.1 Å². The highest BCUT2D eigenvalue weighted by molar-refractivity contribution is 5.59. The van der Waals surface area contributed by atoms with Gasteiger partial charge in [0.05, 0.1) is 16.3 Å². The normalized spacial score (nSPS) is 10.7. The Bertz CT molecular complexity index is 1160. The maximum Gasteiger partial charge on any atom is 0.355 e. The van der Waals surface area contributed by atoms with Crippen molar-refractivity contribution in [2.24, 2.45) is 0 Å². The second kappa shape index (κ2) is 6.72. The maximum atomic E-state index is 13.1. The van der Waals surface area contributed by atoms with Crippen molar-refractivity contribution in [1.82, 2.24) is 14.3 Å². The van der Waals surface area contributed by atoms with Gasteiger partial charge in [-0.15, -0.1) is 5.10 Å². The molecular weight excluding hydrogens is 344 g/mol. The van der Waals surface area contributed by atoms with Crippen LogP contribution in [0.15, 0.2) is 89.7 Å². The van der Waals surface area contributed by atoms with Crippen LogP contribution < -0.4 is 5.69 Å². The lowest BCUT2D eigenvalue weighted by Crippen LogP contribution is -2.22. The van der Waals surface area contributed by atoms with Gasteiger partial charge in [-0.05, 0) is 18.2 Å². The molecule has 0 saturated carbocycles. The van der Waals surface area contributed by atoms with Gasteiger partial charge in [0.2, 0.25) is 0 Å². The van der Waals surface area contributed by atoms with Gasteiger partial charge < -0.3 is 0 Å². The van der Waals surface area contributed by atoms with E-state index in [1.807, 2.05) is 48.5 Å². The van der Waals surface area contributed by atoms with Crippen LogP contribution in [0.3, 0.4) is 0 Å². The smallest absolute Gasteiger partial charge is 0.258 e. The molecule has 3 aromatic carbocycles. The Hall–Kier alpha value is -4.00. The van der Waals surface area contributed by atoms with Crippen LogP contribution in [0.5, 0.6) is 0 Å². The van der Waals surface area contributed by atoms with Gasteiger partial charge in [0.1, 0.15) is 0 Å². The van der Waals surface area contributed by atoms with Crippen molar-refractivity contribution in [2.45, 2.75) is 0 Å². The van der Waals surface area contributed by atoms with Crippen LogP contribution in [0.2, 0.25) is 0 Å². The molecule has 0 bridgehead atoms. The SMILES string of the molecule is O=c1n(-c2ccccc2)nc(-c2ccccc2)n1-c1cccc([N+](=O)[O-])c1. The standard InChI is InChI=1S/C20H14N4O3/c25-20-22(17-12-7-13-18(14-17)24(26)27)19(15-8-3-1-4-9-15)21-23(20)16-10-5-2-6-11-16/h1-14H. The maximum absolute atomic E-state index is 13.1. The topological polar surface area (TPSA) is 83.0 Å². The molecule has 7 nitrogen and oxygen atoms in total. The zero-order valence-electron chi connectivity index (χ0n) is 14.1. The van der Waals surface area contributed by atoms with Gasteiger partial charge in [-0.25, -0.2) is 9.36 Å². The Labute approximate surface area is 153 Å². The van der Waals surface area contributed by atoms with Gasteiger partial charge in [0.15, 0.2) is 5.82 Å². The summed E-state index contributed by atoms with van der Waals surface area (Å²) in [6, 6.07) is 24.2. The minimum Gasteiger partial charge on any atom is -0.258 e. The van der Waals surface area contributed by atoms with Gasteiger partial charge in [0, 0.05) is 17.7 Å².